The first-order valence-corrected chi connectivity index (χ1v) is 9.03. The fourth-order valence-corrected chi connectivity index (χ4v) is 4.13. The second-order valence-corrected chi connectivity index (χ2v) is 7.49. The largest absolute Gasteiger partial charge is 0.486 e. The fourth-order valence-electron chi connectivity index (χ4n) is 2.61. The zero-order valence-electron chi connectivity index (χ0n) is 12.8. The normalized spacial score (nSPS) is 18.0. The SMILES string of the molecule is O=S(=O)(c1ccc2c(c1)OCCO2)N1CC(Oc2cccnc2)C1. The van der Waals surface area contributed by atoms with E-state index in [1.54, 1.807) is 30.6 Å². The maximum Gasteiger partial charge on any atom is 0.243 e. The van der Waals surface area contributed by atoms with E-state index in [1.165, 1.54) is 16.4 Å². The van der Waals surface area contributed by atoms with Crippen LogP contribution in [0.5, 0.6) is 17.2 Å². The van der Waals surface area contributed by atoms with Gasteiger partial charge in [-0.1, -0.05) is 0 Å². The van der Waals surface area contributed by atoms with E-state index in [4.69, 9.17) is 14.2 Å². The Morgan fingerprint density at radius 2 is 1.92 bits per heavy atom. The van der Waals surface area contributed by atoms with Crippen molar-refractivity contribution in [1.82, 2.24) is 9.29 Å². The van der Waals surface area contributed by atoms with Crippen LogP contribution in [0.15, 0.2) is 47.6 Å². The first-order chi connectivity index (χ1) is 11.6. The number of fused-ring (bicyclic) bond motifs is 1. The van der Waals surface area contributed by atoms with Gasteiger partial charge in [0.15, 0.2) is 11.5 Å². The Morgan fingerprint density at radius 1 is 1.12 bits per heavy atom. The second kappa shape index (κ2) is 5.95. The number of ether oxygens (including phenoxy) is 3. The highest BCUT2D eigenvalue weighted by Gasteiger charge is 2.38. The van der Waals surface area contributed by atoms with Crippen LogP contribution in [0.3, 0.4) is 0 Å². The van der Waals surface area contributed by atoms with Gasteiger partial charge in [0.05, 0.1) is 24.2 Å². The molecule has 7 nitrogen and oxygen atoms in total. The molecule has 0 radical (unpaired) electrons. The number of aromatic nitrogens is 1. The molecule has 0 spiro atoms. The lowest BCUT2D eigenvalue weighted by molar-refractivity contribution is 0.0758. The standard InChI is InChI=1S/C16H16N2O5S/c19-24(20,14-3-4-15-16(8-14)22-7-6-21-15)18-10-13(11-18)23-12-2-1-5-17-9-12/h1-5,8-9,13H,6-7,10-11H2. The van der Waals surface area contributed by atoms with Crippen LogP contribution in [0.1, 0.15) is 0 Å². The summed E-state index contributed by atoms with van der Waals surface area (Å²) >= 11 is 0. The van der Waals surface area contributed by atoms with Gasteiger partial charge in [-0.05, 0) is 24.3 Å². The molecule has 0 saturated carbocycles. The van der Waals surface area contributed by atoms with Gasteiger partial charge in [0.1, 0.15) is 25.1 Å². The molecular weight excluding hydrogens is 332 g/mol. The molecule has 0 aliphatic carbocycles. The van der Waals surface area contributed by atoms with E-state index < -0.39 is 10.0 Å². The zero-order chi connectivity index (χ0) is 16.6. The van der Waals surface area contributed by atoms with Crippen LogP contribution in [0, 0.1) is 0 Å². The van der Waals surface area contributed by atoms with Gasteiger partial charge in [0.25, 0.3) is 0 Å². The van der Waals surface area contributed by atoms with Crippen LogP contribution in [-0.2, 0) is 10.0 Å². The first kappa shape index (κ1) is 15.2. The molecule has 0 unspecified atom stereocenters. The maximum atomic E-state index is 12.7. The summed E-state index contributed by atoms with van der Waals surface area (Å²) in [5.41, 5.74) is 0. The van der Waals surface area contributed by atoms with E-state index in [0.29, 0.717) is 43.6 Å². The second-order valence-electron chi connectivity index (χ2n) is 5.56. The molecule has 24 heavy (non-hydrogen) atoms. The predicted octanol–water partition coefficient (Wildman–Crippen LogP) is 1.30. The lowest BCUT2D eigenvalue weighted by Crippen LogP contribution is -2.55. The van der Waals surface area contributed by atoms with E-state index in [0.717, 1.165) is 0 Å². The number of hydrogen-bond donors (Lipinski definition) is 0. The van der Waals surface area contributed by atoms with Gasteiger partial charge in [-0.3, -0.25) is 4.98 Å². The van der Waals surface area contributed by atoms with Gasteiger partial charge < -0.3 is 14.2 Å². The van der Waals surface area contributed by atoms with Gasteiger partial charge in [-0.15, -0.1) is 0 Å². The van der Waals surface area contributed by atoms with Crippen LogP contribution in [0.2, 0.25) is 0 Å². The average molecular weight is 348 g/mol. The van der Waals surface area contributed by atoms with Gasteiger partial charge >= 0.3 is 0 Å². The Bertz CT molecular complexity index is 835. The third-order valence-electron chi connectivity index (χ3n) is 3.90. The van der Waals surface area contributed by atoms with Crippen molar-refractivity contribution in [3.63, 3.8) is 0 Å². The van der Waals surface area contributed by atoms with E-state index in [2.05, 4.69) is 4.98 Å². The summed E-state index contributed by atoms with van der Waals surface area (Å²) in [6.45, 7) is 1.51. The summed E-state index contributed by atoms with van der Waals surface area (Å²) in [4.78, 5) is 4.17. The first-order valence-electron chi connectivity index (χ1n) is 7.59. The van der Waals surface area contributed by atoms with E-state index in [1.807, 2.05) is 0 Å². The van der Waals surface area contributed by atoms with Crippen LogP contribution < -0.4 is 14.2 Å². The van der Waals surface area contributed by atoms with Crippen LogP contribution in [-0.4, -0.2) is 50.1 Å². The quantitative estimate of drug-likeness (QED) is 0.829. The predicted molar refractivity (Wildman–Crippen MR) is 84.8 cm³/mol. The zero-order valence-corrected chi connectivity index (χ0v) is 13.6. The molecule has 2 aliphatic heterocycles. The van der Waals surface area contributed by atoms with Gasteiger partial charge in [-0.2, -0.15) is 4.31 Å². The molecule has 1 saturated heterocycles. The van der Waals surface area contributed by atoms with Crippen molar-refractivity contribution in [3.8, 4) is 17.2 Å². The molecule has 4 rings (SSSR count). The van der Waals surface area contributed by atoms with Crippen molar-refractivity contribution in [1.29, 1.82) is 0 Å². The highest BCUT2D eigenvalue weighted by Crippen LogP contribution is 2.34. The van der Waals surface area contributed by atoms with Crippen molar-refractivity contribution >= 4 is 10.0 Å². The maximum absolute atomic E-state index is 12.7. The Hall–Kier alpha value is -2.32. The Kier molecular flexibility index (Phi) is 3.78. The summed E-state index contributed by atoms with van der Waals surface area (Å²) in [6, 6.07) is 8.25. The molecule has 1 aromatic heterocycles. The number of rotatable bonds is 4. The minimum atomic E-state index is -3.56. The lowest BCUT2D eigenvalue weighted by atomic mass is 10.2. The molecule has 1 fully saturated rings. The highest BCUT2D eigenvalue weighted by atomic mass is 32.2. The molecule has 3 heterocycles. The van der Waals surface area contributed by atoms with Crippen molar-refractivity contribution in [2.75, 3.05) is 26.3 Å². The van der Waals surface area contributed by atoms with Gasteiger partial charge in [0.2, 0.25) is 10.0 Å². The number of nitrogens with zero attached hydrogens (tertiary/aromatic N) is 2. The van der Waals surface area contributed by atoms with Crippen molar-refractivity contribution in [2.24, 2.45) is 0 Å². The molecule has 126 valence electrons. The number of benzene rings is 1. The molecule has 2 aromatic rings. The Morgan fingerprint density at radius 3 is 2.67 bits per heavy atom. The fraction of sp³-hybridized carbons (Fsp3) is 0.312. The average Bonchev–Trinajstić information content (AvgIpc) is 2.58. The Labute approximate surface area is 139 Å². The minimum absolute atomic E-state index is 0.166. The van der Waals surface area contributed by atoms with Gasteiger partial charge in [-0.25, -0.2) is 8.42 Å². The molecule has 1 aromatic carbocycles. The number of hydrogen-bond acceptors (Lipinski definition) is 6. The van der Waals surface area contributed by atoms with Gasteiger partial charge in [0, 0.05) is 12.3 Å². The molecular formula is C16H16N2O5S. The monoisotopic (exact) mass is 348 g/mol. The topological polar surface area (TPSA) is 78.0 Å². The number of sulfonamides is 1. The molecule has 0 amide bonds. The highest BCUT2D eigenvalue weighted by molar-refractivity contribution is 7.89. The van der Waals surface area contributed by atoms with Crippen molar-refractivity contribution in [3.05, 3.63) is 42.7 Å². The smallest absolute Gasteiger partial charge is 0.243 e. The summed E-state index contributed by atoms with van der Waals surface area (Å²) in [7, 11) is -3.56. The summed E-state index contributed by atoms with van der Waals surface area (Å²) in [5, 5.41) is 0. The Balaban J connectivity index is 1.45. The van der Waals surface area contributed by atoms with E-state index in [-0.39, 0.29) is 11.0 Å². The summed E-state index contributed by atoms with van der Waals surface area (Å²) in [6.07, 6.45) is 3.10. The molecule has 2 aliphatic rings. The van der Waals surface area contributed by atoms with Crippen LogP contribution in [0.25, 0.3) is 0 Å². The third kappa shape index (κ3) is 2.78. The molecule has 0 N–H and O–H groups in total. The summed E-state index contributed by atoms with van der Waals surface area (Å²) in [5.74, 6) is 1.67. The molecule has 8 heteroatoms. The number of pyridine rings is 1. The molecule has 0 atom stereocenters. The third-order valence-corrected chi connectivity index (χ3v) is 5.73. The van der Waals surface area contributed by atoms with Crippen molar-refractivity contribution in [2.45, 2.75) is 11.0 Å². The van der Waals surface area contributed by atoms with E-state index in [9.17, 15) is 8.42 Å². The van der Waals surface area contributed by atoms with Crippen molar-refractivity contribution < 1.29 is 22.6 Å². The lowest BCUT2D eigenvalue weighted by Gasteiger charge is -2.37. The van der Waals surface area contributed by atoms with E-state index >= 15 is 0 Å². The van der Waals surface area contributed by atoms with Crippen LogP contribution in [0.4, 0.5) is 0 Å². The molecule has 0 bridgehead atoms. The minimum Gasteiger partial charge on any atom is -0.486 e. The van der Waals surface area contributed by atoms with Crippen LogP contribution >= 0.6 is 0 Å². The summed E-state index contributed by atoms with van der Waals surface area (Å²) < 4.78 is 43.3.